The number of guanidine groups is 1. The molecule has 0 aliphatic carbocycles. The van der Waals surface area contributed by atoms with Gasteiger partial charge in [-0.05, 0) is 37.3 Å². The number of aryl methyl sites for hydroxylation is 1. The molecule has 2 aromatic rings. The smallest absolute Gasteiger partial charge is 0.335 e. The first-order valence-electron chi connectivity index (χ1n) is 10.3. The zero-order chi connectivity index (χ0) is 19.1. The first-order valence-corrected chi connectivity index (χ1v) is 10.3. The molecule has 1 aromatic heterocycles. The van der Waals surface area contributed by atoms with Crippen molar-refractivity contribution in [1.29, 1.82) is 0 Å². The summed E-state index contributed by atoms with van der Waals surface area (Å²) in [5, 5.41) is 4.19. The minimum Gasteiger partial charge on any atom is -0.335 e. The van der Waals surface area contributed by atoms with Crippen LogP contribution < -0.4 is 11.5 Å². The van der Waals surface area contributed by atoms with Crippen LogP contribution in [0.5, 0.6) is 0 Å². The van der Waals surface area contributed by atoms with Gasteiger partial charge in [0.1, 0.15) is 0 Å². The van der Waals surface area contributed by atoms with Crippen LogP contribution in [0.4, 0.5) is 0 Å². The van der Waals surface area contributed by atoms with Crippen molar-refractivity contribution in [3.8, 4) is 11.4 Å². The Morgan fingerprint density at radius 2 is 2.00 bits per heavy atom. The van der Waals surface area contributed by atoms with Crippen LogP contribution in [0, 0.1) is 0 Å². The summed E-state index contributed by atoms with van der Waals surface area (Å²) in [6, 6.07) is 8.46. The fourth-order valence-corrected chi connectivity index (χ4v) is 3.80. The van der Waals surface area contributed by atoms with Gasteiger partial charge < -0.3 is 4.52 Å². The Hall–Kier alpha value is -2.37. The van der Waals surface area contributed by atoms with Crippen molar-refractivity contribution in [1.82, 2.24) is 10.1 Å². The van der Waals surface area contributed by atoms with Crippen LogP contribution in [0.25, 0.3) is 11.4 Å². The van der Waals surface area contributed by atoms with Crippen molar-refractivity contribution in [2.24, 2.45) is 11.5 Å². The highest BCUT2D eigenvalue weighted by atomic mass is 16.5. The fraction of sp³-hybridized carbons (Fsp3) is 0.571. The van der Waals surface area contributed by atoms with Crippen molar-refractivity contribution in [2.45, 2.75) is 70.8 Å². The Kier molecular flexibility index (Phi) is 6.85. The highest BCUT2D eigenvalue weighted by molar-refractivity contribution is 5.70. The van der Waals surface area contributed by atoms with E-state index < -0.39 is 0 Å². The second-order valence-electron chi connectivity index (χ2n) is 7.45. The molecular formula is C21H32N5O+. The minimum absolute atomic E-state index is 0.0115. The first-order chi connectivity index (χ1) is 13.2. The Labute approximate surface area is 161 Å². The molecule has 27 heavy (non-hydrogen) atoms. The van der Waals surface area contributed by atoms with Crippen molar-refractivity contribution in [3.63, 3.8) is 0 Å². The molecule has 146 valence electrons. The molecular weight excluding hydrogens is 338 g/mol. The number of hydrogen-bond donors (Lipinski definition) is 2. The molecule has 0 saturated carbocycles. The molecule has 3 rings (SSSR count). The SMILES string of the molecule is CCCCCCCCc1cccc(-c2noc([C@@H]3CCC[N+]3=C(N)N)n2)c1. The van der Waals surface area contributed by atoms with Gasteiger partial charge in [-0.15, -0.1) is 0 Å². The van der Waals surface area contributed by atoms with Gasteiger partial charge in [0.25, 0.3) is 5.89 Å². The summed E-state index contributed by atoms with van der Waals surface area (Å²) >= 11 is 0. The number of unbranched alkanes of at least 4 members (excludes halogenated alkanes) is 5. The maximum atomic E-state index is 5.78. The van der Waals surface area contributed by atoms with Gasteiger partial charge in [-0.25, -0.2) is 0 Å². The summed E-state index contributed by atoms with van der Waals surface area (Å²) in [4.78, 5) is 4.62. The predicted octanol–water partition coefficient (Wildman–Crippen LogP) is 3.76. The third-order valence-corrected chi connectivity index (χ3v) is 5.32. The number of hydrogen-bond acceptors (Lipinski definition) is 3. The number of rotatable bonds is 9. The number of nitrogens with two attached hydrogens (primary N) is 2. The van der Waals surface area contributed by atoms with E-state index in [1.54, 1.807) is 0 Å². The minimum atomic E-state index is -0.0115. The highest BCUT2D eigenvalue weighted by Crippen LogP contribution is 2.29. The lowest BCUT2D eigenvalue weighted by molar-refractivity contribution is -0.555. The molecule has 6 heteroatoms. The van der Waals surface area contributed by atoms with E-state index in [1.807, 2.05) is 10.6 Å². The van der Waals surface area contributed by atoms with E-state index >= 15 is 0 Å². The molecule has 6 nitrogen and oxygen atoms in total. The molecule has 0 unspecified atom stereocenters. The van der Waals surface area contributed by atoms with E-state index in [0.717, 1.165) is 31.4 Å². The number of aromatic nitrogens is 2. The largest absolute Gasteiger partial charge is 0.341 e. The van der Waals surface area contributed by atoms with Gasteiger partial charge in [-0.1, -0.05) is 62.4 Å². The summed E-state index contributed by atoms with van der Waals surface area (Å²) in [7, 11) is 0. The second kappa shape index (κ2) is 9.53. The Balaban J connectivity index is 1.62. The molecule has 1 fully saturated rings. The van der Waals surface area contributed by atoms with E-state index in [0.29, 0.717) is 17.7 Å². The second-order valence-corrected chi connectivity index (χ2v) is 7.45. The molecule has 0 spiro atoms. The van der Waals surface area contributed by atoms with Gasteiger partial charge in [0.2, 0.25) is 5.82 Å². The van der Waals surface area contributed by atoms with Crippen molar-refractivity contribution in [2.75, 3.05) is 6.54 Å². The first kappa shape index (κ1) is 19.4. The average molecular weight is 371 g/mol. The van der Waals surface area contributed by atoms with E-state index in [9.17, 15) is 0 Å². The fourth-order valence-electron chi connectivity index (χ4n) is 3.80. The monoisotopic (exact) mass is 370 g/mol. The Morgan fingerprint density at radius 1 is 1.19 bits per heavy atom. The average Bonchev–Trinajstić information content (AvgIpc) is 3.34. The van der Waals surface area contributed by atoms with Crippen LogP contribution >= 0.6 is 0 Å². The summed E-state index contributed by atoms with van der Waals surface area (Å²) in [5.41, 5.74) is 13.9. The summed E-state index contributed by atoms with van der Waals surface area (Å²) < 4.78 is 7.47. The van der Waals surface area contributed by atoms with E-state index in [2.05, 4.69) is 35.3 Å². The zero-order valence-corrected chi connectivity index (χ0v) is 16.4. The number of benzene rings is 1. The normalized spacial score (nSPS) is 16.8. The summed E-state index contributed by atoms with van der Waals surface area (Å²) in [6.07, 6.45) is 10.9. The van der Waals surface area contributed by atoms with Crippen LogP contribution in [0.1, 0.15) is 75.8 Å². The van der Waals surface area contributed by atoms with Crippen LogP contribution in [0.2, 0.25) is 0 Å². The van der Waals surface area contributed by atoms with E-state index in [-0.39, 0.29) is 6.04 Å². The van der Waals surface area contributed by atoms with Gasteiger partial charge in [0.15, 0.2) is 6.04 Å². The molecule has 2 heterocycles. The Bertz CT molecular complexity index is 763. The lowest BCUT2D eigenvalue weighted by atomic mass is 10.0. The molecule has 4 N–H and O–H groups in total. The van der Waals surface area contributed by atoms with Crippen molar-refractivity contribution in [3.05, 3.63) is 35.7 Å². The molecule has 1 atom stereocenters. The van der Waals surface area contributed by atoms with Crippen molar-refractivity contribution < 1.29 is 9.10 Å². The topological polar surface area (TPSA) is 94.0 Å². The molecule has 0 amide bonds. The lowest BCUT2D eigenvalue weighted by Crippen LogP contribution is -2.35. The quantitative estimate of drug-likeness (QED) is 0.398. The van der Waals surface area contributed by atoms with Gasteiger partial charge in [0, 0.05) is 5.56 Å². The third kappa shape index (κ3) is 5.08. The van der Waals surface area contributed by atoms with Gasteiger partial charge >= 0.3 is 5.96 Å². The lowest BCUT2D eigenvalue weighted by Gasteiger charge is -2.07. The van der Waals surface area contributed by atoms with Crippen LogP contribution in [-0.4, -0.2) is 27.2 Å². The van der Waals surface area contributed by atoms with Gasteiger partial charge in [-0.3, -0.25) is 16.0 Å². The molecule has 1 aromatic carbocycles. The zero-order valence-electron chi connectivity index (χ0n) is 16.4. The molecule has 0 bridgehead atoms. The molecule has 1 saturated heterocycles. The predicted molar refractivity (Wildman–Crippen MR) is 107 cm³/mol. The van der Waals surface area contributed by atoms with E-state index in [4.69, 9.17) is 16.0 Å². The van der Waals surface area contributed by atoms with E-state index in [1.165, 1.54) is 44.1 Å². The number of nitrogens with zero attached hydrogens (tertiary/aromatic N) is 3. The molecule has 1 aliphatic rings. The van der Waals surface area contributed by atoms with Crippen LogP contribution in [0.3, 0.4) is 0 Å². The maximum absolute atomic E-state index is 5.78. The van der Waals surface area contributed by atoms with Gasteiger partial charge in [-0.2, -0.15) is 4.98 Å². The summed E-state index contributed by atoms with van der Waals surface area (Å²) in [6.45, 7) is 3.08. The standard InChI is InChI=1S/C21H31N5O/c1-2-3-4-5-6-7-10-16-11-8-12-17(15-16)19-24-20(27-25-19)18-13-9-14-26(18)21(22)23/h8,11-12,15,18H,2-7,9-10,13-14H2,1H3,(H3,22,23)/p+1/t18-/m0/s1. The maximum Gasteiger partial charge on any atom is 0.341 e. The Morgan fingerprint density at radius 3 is 2.81 bits per heavy atom. The molecule has 1 aliphatic heterocycles. The van der Waals surface area contributed by atoms with Crippen LogP contribution in [0.15, 0.2) is 28.8 Å². The third-order valence-electron chi connectivity index (χ3n) is 5.32. The van der Waals surface area contributed by atoms with Crippen molar-refractivity contribution >= 4 is 5.96 Å². The summed E-state index contributed by atoms with van der Waals surface area (Å²) in [5.74, 6) is 1.55. The molecule has 0 radical (unpaired) electrons. The van der Waals surface area contributed by atoms with Crippen LogP contribution in [-0.2, 0) is 6.42 Å². The highest BCUT2D eigenvalue weighted by Gasteiger charge is 2.31. The van der Waals surface area contributed by atoms with Gasteiger partial charge in [0.05, 0.1) is 6.54 Å².